The van der Waals surface area contributed by atoms with E-state index in [0.717, 1.165) is 35.2 Å². The van der Waals surface area contributed by atoms with E-state index in [0.29, 0.717) is 29.9 Å². The number of hydrogen-bond acceptors (Lipinski definition) is 6. The Kier molecular flexibility index (Phi) is 5.14. The molecule has 4 aromatic rings. The third kappa shape index (κ3) is 3.62. The Bertz CT molecular complexity index is 1430. The largest absolute Gasteiger partial charge is 0.371 e. The molecule has 0 radical (unpaired) electrons. The number of H-pyrrole nitrogens is 1. The van der Waals surface area contributed by atoms with Gasteiger partial charge in [-0.15, -0.1) is 0 Å². The van der Waals surface area contributed by atoms with Crippen LogP contribution in [0, 0.1) is 12.7 Å². The molecule has 0 bridgehead atoms. The first-order chi connectivity index (χ1) is 15.5. The Hall–Kier alpha value is -3.65. The van der Waals surface area contributed by atoms with Crippen LogP contribution in [0.3, 0.4) is 0 Å². The molecule has 7 nitrogen and oxygen atoms in total. The number of benzene rings is 1. The van der Waals surface area contributed by atoms with Gasteiger partial charge in [-0.3, -0.25) is 14.7 Å². The highest BCUT2D eigenvalue weighted by Crippen LogP contribution is 2.27. The van der Waals surface area contributed by atoms with Gasteiger partial charge in [0.05, 0.1) is 5.52 Å². The first-order valence-corrected chi connectivity index (χ1v) is 10.6. The summed E-state index contributed by atoms with van der Waals surface area (Å²) >= 11 is 0. The number of nitrogens with one attached hydrogen (secondary N) is 2. The van der Waals surface area contributed by atoms with Gasteiger partial charge < -0.3 is 10.3 Å². The van der Waals surface area contributed by atoms with Crippen molar-refractivity contribution < 1.29 is 4.39 Å². The Balaban J connectivity index is 1.36. The summed E-state index contributed by atoms with van der Waals surface area (Å²) in [7, 11) is 1.84. The molecule has 0 spiro atoms. The number of aromatic amines is 1. The van der Waals surface area contributed by atoms with E-state index in [4.69, 9.17) is 0 Å². The molecule has 32 heavy (non-hydrogen) atoms. The number of nitrogens with zero attached hydrogens (tertiary/aromatic N) is 4. The maximum atomic E-state index is 15.0. The summed E-state index contributed by atoms with van der Waals surface area (Å²) in [5.41, 5.74) is 4.35. The van der Waals surface area contributed by atoms with Gasteiger partial charge in [0.1, 0.15) is 16.7 Å². The fraction of sp³-hybridized carbons (Fsp3) is 0.250. The SMILES string of the molecule is CNc1nccc2cc(C3=CCN(Cc4ccc5nc(C)c(=O)[nH]c5c4F)CC3)cnc12. The minimum atomic E-state index is -0.408. The minimum absolute atomic E-state index is 0.170. The second-order valence-electron chi connectivity index (χ2n) is 8.00. The zero-order valence-electron chi connectivity index (χ0n) is 17.9. The van der Waals surface area contributed by atoms with Gasteiger partial charge >= 0.3 is 0 Å². The van der Waals surface area contributed by atoms with Crippen LogP contribution < -0.4 is 10.9 Å². The lowest BCUT2D eigenvalue weighted by molar-refractivity contribution is 0.289. The quantitative estimate of drug-likeness (QED) is 0.514. The lowest BCUT2D eigenvalue weighted by Gasteiger charge is -2.26. The van der Waals surface area contributed by atoms with E-state index in [9.17, 15) is 4.79 Å². The lowest BCUT2D eigenvalue weighted by atomic mass is 9.99. The number of halogens is 1. The van der Waals surface area contributed by atoms with Crippen molar-refractivity contribution in [2.75, 3.05) is 25.5 Å². The summed E-state index contributed by atoms with van der Waals surface area (Å²) in [5.74, 6) is 0.358. The Morgan fingerprint density at radius 2 is 2.12 bits per heavy atom. The van der Waals surface area contributed by atoms with Crippen molar-refractivity contribution in [2.45, 2.75) is 19.9 Å². The van der Waals surface area contributed by atoms with E-state index in [1.807, 2.05) is 19.3 Å². The van der Waals surface area contributed by atoms with Gasteiger partial charge in [0.15, 0.2) is 11.6 Å². The zero-order chi connectivity index (χ0) is 22.2. The molecule has 0 aliphatic carbocycles. The number of hydrogen-bond donors (Lipinski definition) is 2. The molecule has 5 rings (SSSR count). The molecule has 0 atom stereocenters. The topological polar surface area (TPSA) is 86.8 Å². The maximum absolute atomic E-state index is 15.0. The minimum Gasteiger partial charge on any atom is -0.371 e. The van der Waals surface area contributed by atoms with Crippen LogP contribution in [-0.4, -0.2) is 45.0 Å². The number of anilines is 1. The van der Waals surface area contributed by atoms with E-state index in [1.54, 1.807) is 25.3 Å². The van der Waals surface area contributed by atoms with Crippen molar-refractivity contribution in [1.82, 2.24) is 24.8 Å². The second-order valence-corrected chi connectivity index (χ2v) is 8.00. The van der Waals surface area contributed by atoms with Crippen molar-refractivity contribution in [3.8, 4) is 0 Å². The average molecular weight is 430 g/mol. The summed E-state index contributed by atoms with van der Waals surface area (Å²) in [4.78, 5) is 29.7. The van der Waals surface area contributed by atoms with Crippen molar-refractivity contribution in [1.29, 1.82) is 0 Å². The highest BCUT2D eigenvalue weighted by Gasteiger charge is 2.17. The van der Waals surface area contributed by atoms with E-state index in [1.165, 1.54) is 5.57 Å². The fourth-order valence-corrected chi connectivity index (χ4v) is 4.16. The van der Waals surface area contributed by atoms with Gasteiger partial charge in [0.2, 0.25) is 0 Å². The predicted molar refractivity (Wildman–Crippen MR) is 124 cm³/mol. The molecule has 1 aliphatic heterocycles. The maximum Gasteiger partial charge on any atom is 0.269 e. The van der Waals surface area contributed by atoms with Gasteiger partial charge in [-0.25, -0.2) is 14.4 Å². The molecular formula is C24H23FN6O. The number of aromatic nitrogens is 4. The molecule has 0 fully saturated rings. The van der Waals surface area contributed by atoms with Gasteiger partial charge in [-0.2, -0.15) is 0 Å². The zero-order valence-corrected chi connectivity index (χ0v) is 17.9. The normalized spacial score (nSPS) is 14.7. The molecule has 1 aliphatic rings. The number of rotatable bonds is 4. The molecule has 2 N–H and O–H groups in total. The summed E-state index contributed by atoms with van der Waals surface area (Å²) < 4.78 is 15.0. The van der Waals surface area contributed by atoms with Crippen molar-refractivity contribution in [3.63, 3.8) is 0 Å². The number of aryl methyl sites for hydroxylation is 1. The molecular weight excluding hydrogens is 407 g/mol. The monoisotopic (exact) mass is 430 g/mol. The van der Waals surface area contributed by atoms with Crippen molar-refractivity contribution in [2.24, 2.45) is 0 Å². The first-order valence-electron chi connectivity index (χ1n) is 10.6. The van der Waals surface area contributed by atoms with E-state index >= 15 is 4.39 Å². The molecule has 0 unspecified atom stereocenters. The molecule has 0 saturated carbocycles. The molecule has 0 amide bonds. The predicted octanol–water partition coefficient (Wildman–Crippen LogP) is 3.64. The number of pyridine rings is 2. The second kappa shape index (κ2) is 8.12. The van der Waals surface area contributed by atoms with Crippen LogP contribution in [-0.2, 0) is 6.54 Å². The molecule has 4 heterocycles. The van der Waals surface area contributed by atoms with Crippen molar-refractivity contribution >= 4 is 33.3 Å². The molecule has 8 heteroatoms. The summed E-state index contributed by atoms with van der Waals surface area (Å²) in [6.07, 6.45) is 6.70. The van der Waals surface area contributed by atoms with Crippen LogP contribution in [0.25, 0.3) is 27.5 Å². The molecule has 3 aromatic heterocycles. The Labute approximate surface area is 184 Å². The van der Waals surface area contributed by atoms with E-state index in [2.05, 4.69) is 42.3 Å². The fourth-order valence-electron chi connectivity index (χ4n) is 4.16. The third-order valence-corrected chi connectivity index (χ3v) is 5.95. The van der Waals surface area contributed by atoms with Crippen LogP contribution in [0.5, 0.6) is 0 Å². The highest BCUT2D eigenvalue weighted by molar-refractivity contribution is 5.90. The van der Waals surface area contributed by atoms with Gasteiger partial charge in [0, 0.05) is 50.0 Å². The molecule has 1 aromatic carbocycles. The summed E-state index contributed by atoms with van der Waals surface area (Å²) in [6.45, 7) is 3.60. The van der Waals surface area contributed by atoms with Gasteiger partial charge in [0.25, 0.3) is 5.56 Å². The Morgan fingerprint density at radius 1 is 1.25 bits per heavy atom. The van der Waals surface area contributed by atoms with Gasteiger partial charge in [-0.1, -0.05) is 12.1 Å². The highest BCUT2D eigenvalue weighted by atomic mass is 19.1. The van der Waals surface area contributed by atoms with Crippen LogP contribution in [0.1, 0.15) is 23.2 Å². The van der Waals surface area contributed by atoms with Crippen molar-refractivity contribution in [3.05, 3.63) is 75.7 Å². The van der Waals surface area contributed by atoms with E-state index < -0.39 is 5.82 Å². The third-order valence-electron chi connectivity index (χ3n) is 5.95. The Morgan fingerprint density at radius 3 is 2.91 bits per heavy atom. The van der Waals surface area contributed by atoms with E-state index in [-0.39, 0.29) is 11.1 Å². The summed E-state index contributed by atoms with van der Waals surface area (Å²) in [6, 6.07) is 7.62. The molecule has 0 saturated heterocycles. The smallest absolute Gasteiger partial charge is 0.269 e. The van der Waals surface area contributed by atoms with Crippen LogP contribution >= 0.6 is 0 Å². The number of fused-ring (bicyclic) bond motifs is 2. The average Bonchev–Trinajstić information content (AvgIpc) is 2.82. The van der Waals surface area contributed by atoms with Gasteiger partial charge in [-0.05, 0) is 42.7 Å². The first kappa shape index (κ1) is 20.3. The van der Waals surface area contributed by atoms with Crippen LogP contribution in [0.2, 0.25) is 0 Å². The van der Waals surface area contributed by atoms with Crippen LogP contribution in [0.15, 0.2) is 47.5 Å². The lowest BCUT2D eigenvalue weighted by Crippen LogP contribution is -2.28. The standard InChI is InChI=1S/C24H23FN6O/c1-14-24(32)30-22-19(29-14)4-3-17(20(22)25)13-31-9-6-15(7-10-31)18-11-16-5-8-27-23(26-2)21(16)28-12-18/h3-6,8,11-12H,7,9-10,13H2,1-2H3,(H,26,27)(H,30,32). The van der Waals surface area contributed by atoms with Crippen LogP contribution in [0.4, 0.5) is 10.2 Å². The summed E-state index contributed by atoms with van der Waals surface area (Å²) in [5, 5.41) is 4.11. The molecule has 162 valence electrons.